The number of anilines is 2. The highest BCUT2D eigenvalue weighted by Crippen LogP contribution is 2.28. The molecule has 172 valence electrons. The van der Waals surface area contributed by atoms with Gasteiger partial charge in [0.15, 0.2) is 0 Å². The molecule has 33 heavy (non-hydrogen) atoms. The molecule has 0 unspecified atom stereocenters. The average molecular weight is 445 g/mol. The predicted molar refractivity (Wildman–Crippen MR) is 134 cm³/mol. The van der Waals surface area contributed by atoms with Crippen molar-refractivity contribution in [1.29, 1.82) is 0 Å². The number of fused-ring (bicyclic) bond motifs is 1. The van der Waals surface area contributed by atoms with Crippen LogP contribution in [-0.2, 0) is 0 Å². The molecule has 3 aromatic rings. The summed E-state index contributed by atoms with van der Waals surface area (Å²) in [5.74, 6) is 2.01. The van der Waals surface area contributed by atoms with Crippen molar-refractivity contribution in [2.75, 3.05) is 56.2 Å². The van der Waals surface area contributed by atoms with Gasteiger partial charge in [0.05, 0.1) is 7.11 Å². The van der Waals surface area contributed by atoms with E-state index >= 15 is 0 Å². The first-order valence-electron chi connectivity index (χ1n) is 12.0. The number of likely N-dealkylation sites (tertiary alicyclic amines) is 1. The summed E-state index contributed by atoms with van der Waals surface area (Å²) >= 11 is 0. The number of rotatable bonds is 4. The summed E-state index contributed by atoms with van der Waals surface area (Å²) in [5, 5.41) is 2.20. The highest BCUT2D eigenvalue weighted by Gasteiger charge is 2.22. The smallest absolute Gasteiger partial charge is 0.253 e. The summed E-state index contributed by atoms with van der Waals surface area (Å²) in [4.78, 5) is 24.7. The lowest BCUT2D eigenvalue weighted by atomic mass is 10.1. The average Bonchev–Trinajstić information content (AvgIpc) is 3.17. The summed E-state index contributed by atoms with van der Waals surface area (Å²) in [7, 11) is 1.69. The summed E-state index contributed by atoms with van der Waals surface area (Å²) in [6.07, 6.45) is 6.52. The number of carbonyl (C=O) groups is 1. The van der Waals surface area contributed by atoms with Crippen LogP contribution in [0, 0.1) is 0 Å². The van der Waals surface area contributed by atoms with Gasteiger partial charge >= 0.3 is 0 Å². The Kier molecular flexibility index (Phi) is 6.33. The molecule has 0 spiro atoms. The van der Waals surface area contributed by atoms with Crippen molar-refractivity contribution in [2.45, 2.75) is 25.7 Å². The van der Waals surface area contributed by atoms with Gasteiger partial charge < -0.3 is 19.4 Å². The zero-order chi connectivity index (χ0) is 22.6. The number of amides is 1. The first-order chi connectivity index (χ1) is 16.2. The Bertz CT molecular complexity index is 1100. The second kappa shape index (κ2) is 9.69. The van der Waals surface area contributed by atoms with Crippen molar-refractivity contribution >= 4 is 28.2 Å². The molecule has 6 nitrogen and oxygen atoms in total. The van der Waals surface area contributed by atoms with Crippen molar-refractivity contribution in [3.8, 4) is 5.75 Å². The van der Waals surface area contributed by atoms with Gasteiger partial charge in [-0.15, -0.1) is 0 Å². The standard InChI is InChI=1S/C27H32N4O2/c1-33-24-10-8-23(9-11-24)29-16-18-30(19-17-29)26-25-20-22(7-6-21(25)12-13-28-26)27(32)31-14-4-2-3-5-15-31/h6-13,20H,2-5,14-19H2,1H3. The quantitative estimate of drug-likeness (QED) is 0.589. The van der Waals surface area contributed by atoms with Crippen LogP contribution in [0.1, 0.15) is 36.0 Å². The number of hydrogen-bond donors (Lipinski definition) is 0. The van der Waals surface area contributed by atoms with Crippen molar-refractivity contribution < 1.29 is 9.53 Å². The molecule has 0 atom stereocenters. The van der Waals surface area contributed by atoms with E-state index in [1.165, 1.54) is 18.5 Å². The maximum Gasteiger partial charge on any atom is 0.253 e. The molecule has 1 aromatic heterocycles. The molecule has 2 aliphatic rings. The Morgan fingerprint density at radius 3 is 2.21 bits per heavy atom. The van der Waals surface area contributed by atoms with Gasteiger partial charge in [0.1, 0.15) is 11.6 Å². The van der Waals surface area contributed by atoms with Crippen LogP contribution in [0.15, 0.2) is 54.7 Å². The fourth-order valence-electron chi connectivity index (χ4n) is 4.96. The lowest BCUT2D eigenvalue weighted by molar-refractivity contribution is 0.0762. The molecule has 6 heteroatoms. The lowest BCUT2D eigenvalue weighted by Gasteiger charge is -2.37. The second-order valence-electron chi connectivity index (χ2n) is 8.95. The number of carbonyl (C=O) groups excluding carboxylic acids is 1. The molecule has 2 saturated heterocycles. The van der Waals surface area contributed by atoms with Gasteiger partial charge in [-0.1, -0.05) is 18.9 Å². The van der Waals surface area contributed by atoms with Crippen molar-refractivity contribution in [3.05, 3.63) is 60.3 Å². The van der Waals surface area contributed by atoms with Gasteiger partial charge in [0, 0.05) is 62.1 Å². The number of ether oxygens (including phenoxy) is 1. The molecule has 0 aliphatic carbocycles. The summed E-state index contributed by atoms with van der Waals surface area (Å²) in [5.41, 5.74) is 1.99. The second-order valence-corrected chi connectivity index (χ2v) is 8.95. The summed E-state index contributed by atoms with van der Waals surface area (Å²) in [6, 6.07) is 16.4. The summed E-state index contributed by atoms with van der Waals surface area (Å²) in [6.45, 7) is 5.37. The number of piperazine rings is 1. The third kappa shape index (κ3) is 4.61. The molecule has 3 heterocycles. The number of nitrogens with zero attached hydrogens (tertiary/aromatic N) is 4. The van der Waals surface area contributed by atoms with Gasteiger partial charge in [-0.05, 0) is 60.7 Å². The maximum atomic E-state index is 13.2. The van der Waals surface area contributed by atoms with Crippen molar-refractivity contribution in [1.82, 2.24) is 9.88 Å². The van der Waals surface area contributed by atoms with Crippen LogP contribution in [0.4, 0.5) is 11.5 Å². The van der Waals surface area contributed by atoms with Gasteiger partial charge in [0.2, 0.25) is 0 Å². The highest BCUT2D eigenvalue weighted by atomic mass is 16.5. The van der Waals surface area contributed by atoms with E-state index in [4.69, 9.17) is 9.72 Å². The number of aromatic nitrogens is 1. The minimum Gasteiger partial charge on any atom is -0.497 e. The fraction of sp³-hybridized carbons (Fsp3) is 0.407. The molecular weight excluding hydrogens is 412 g/mol. The van der Waals surface area contributed by atoms with E-state index in [0.29, 0.717) is 0 Å². The Morgan fingerprint density at radius 1 is 0.818 bits per heavy atom. The van der Waals surface area contributed by atoms with Gasteiger partial charge in [0.25, 0.3) is 5.91 Å². The van der Waals surface area contributed by atoms with E-state index in [0.717, 1.165) is 80.0 Å². The third-order valence-corrected chi connectivity index (χ3v) is 6.90. The lowest BCUT2D eigenvalue weighted by Crippen LogP contribution is -2.46. The minimum atomic E-state index is 0.151. The monoisotopic (exact) mass is 444 g/mol. The van der Waals surface area contributed by atoms with Crippen molar-refractivity contribution in [3.63, 3.8) is 0 Å². The van der Waals surface area contributed by atoms with Gasteiger partial charge in [-0.3, -0.25) is 4.79 Å². The molecule has 5 rings (SSSR count). The van der Waals surface area contributed by atoms with E-state index in [1.807, 2.05) is 35.4 Å². The third-order valence-electron chi connectivity index (χ3n) is 6.90. The number of pyridine rings is 1. The molecule has 0 bridgehead atoms. The SMILES string of the molecule is COc1ccc(N2CCN(c3nccc4ccc(C(=O)N5CCCCCC5)cc34)CC2)cc1. The van der Waals surface area contributed by atoms with E-state index < -0.39 is 0 Å². The van der Waals surface area contributed by atoms with Crippen molar-refractivity contribution in [2.24, 2.45) is 0 Å². The topological polar surface area (TPSA) is 48.9 Å². The normalized spacial score (nSPS) is 17.2. The predicted octanol–water partition coefficient (Wildman–Crippen LogP) is 4.59. The Morgan fingerprint density at radius 2 is 1.52 bits per heavy atom. The molecule has 0 radical (unpaired) electrons. The van der Waals surface area contributed by atoms with E-state index in [1.54, 1.807) is 7.11 Å². The number of methoxy groups -OCH3 is 1. The fourth-order valence-corrected chi connectivity index (χ4v) is 4.96. The first-order valence-corrected chi connectivity index (χ1v) is 12.0. The largest absolute Gasteiger partial charge is 0.497 e. The Hall–Kier alpha value is -3.28. The summed E-state index contributed by atoms with van der Waals surface area (Å²) < 4.78 is 5.28. The Balaban J connectivity index is 1.34. The molecule has 0 N–H and O–H groups in total. The van der Waals surface area contributed by atoms with E-state index in [9.17, 15) is 4.79 Å². The molecular formula is C27H32N4O2. The minimum absolute atomic E-state index is 0.151. The van der Waals surface area contributed by atoms with E-state index in [2.05, 4.69) is 34.1 Å². The van der Waals surface area contributed by atoms with Crippen LogP contribution >= 0.6 is 0 Å². The van der Waals surface area contributed by atoms with E-state index in [-0.39, 0.29) is 5.91 Å². The zero-order valence-corrected chi connectivity index (χ0v) is 19.4. The maximum absolute atomic E-state index is 13.2. The zero-order valence-electron chi connectivity index (χ0n) is 19.4. The Labute approximate surface area is 195 Å². The van der Waals surface area contributed by atoms with Gasteiger partial charge in [-0.2, -0.15) is 0 Å². The first kappa shape index (κ1) is 21.6. The molecule has 0 saturated carbocycles. The van der Waals surface area contributed by atoms with Crippen LogP contribution < -0.4 is 14.5 Å². The van der Waals surface area contributed by atoms with Crippen LogP contribution in [0.5, 0.6) is 5.75 Å². The molecule has 2 aromatic carbocycles. The van der Waals surface area contributed by atoms with Crippen LogP contribution in [0.3, 0.4) is 0 Å². The number of benzene rings is 2. The van der Waals surface area contributed by atoms with Crippen LogP contribution in [0.25, 0.3) is 10.8 Å². The molecule has 2 aliphatic heterocycles. The highest BCUT2D eigenvalue weighted by molar-refractivity contribution is 6.01. The number of hydrogen-bond acceptors (Lipinski definition) is 5. The van der Waals surface area contributed by atoms with Gasteiger partial charge in [-0.25, -0.2) is 4.98 Å². The van der Waals surface area contributed by atoms with Crippen LogP contribution in [0.2, 0.25) is 0 Å². The van der Waals surface area contributed by atoms with Crippen LogP contribution in [-0.4, -0.2) is 62.2 Å². The molecule has 1 amide bonds. The molecule has 2 fully saturated rings.